The Labute approximate surface area is 392 Å². The van der Waals surface area contributed by atoms with E-state index in [9.17, 15) is 23.6 Å². The van der Waals surface area contributed by atoms with Crippen LogP contribution in [0.15, 0.2) is 79.2 Å². The van der Waals surface area contributed by atoms with Gasteiger partial charge in [0.1, 0.15) is 29.5 Å². The molecular weight excluding hydrogens is 854 g/mol. The number of imidazole rings is 2. The zero-order valence-electron chi connectivity index (χ0n) is 39.5. The van der Waals surface area contributed by atoms with Gasteiger partial charge in [-0.25, -0.2) is 23.9 Å². The molecule has 3 fully saturated rings. The van der Waals surface area contributed by atoms with Crippen molar-refractivity contribution in [3.63, 3.8) is 0 Å². The van der Waals surface area contributed by atoms with E-state index in [0.29, 0.717) is 18.9 Å². The third-order valence-electron chi connectivity index (χ3n) is 14.1. The molecule has 2 aromatic carbocycles. The monoisotopic (exact) mass is 917 g/mol. The molecule has 4 aliphatic rings. The number of rotatable bonds is 13. The number of carbonyl (C=O) groups is 4. The number of nitrogens with zero attached hydrogens (tertiary/aromatic N) is 5. The van der Waals surface area contributed by atoms with E-state index in [1.807, 2.05) is 62.0 Å². The molecular formula is C51H64FN9O6. The van der Waals surface area contributed by atoms with Gasteiger partial charge < -0.3 is 44.8 Å². The van der Waals surface area contributed by atoms with E-state index in [2.05, 4.69) is 74.9 Å². The molecule has 8 unspecified atom stereocenters. The van der Waals surface area contributed by atoms with E-state index < -0.39 is 24.3 Å². The van der Waals surface area contributed by atoms with Gasteiger partial charge in [0.25, 0.3) is 0 Å². The number of amides is 4. The molecule has 1 aliphatic carbocycles. The van der Waals surface area contributed by atoms with E-state index in [0.717, 1.165) is 78.1 Å². The van der Waals surface area contributed by atoms with Gasteiger partial charge in [-0.1, -0.05) is 77.1 Å². The van der Waals surface area contributed by atoms with Gasteiger partial charge in [-0.2, -0.15) is 0 Å². The number of nitrogens with one attached hydrogen (secondary N) is 4. The molecule has 4 amide bonds. The molecule has 4 aromatic rings. The number of likely N-dealkylation sites (tertiary alicyclic amines) is 2. The summed E-state index contributed by atoms with van der Waals surface area (Å²) in [7, 11) is 2.58. The molecule has 3 saturated heterocycles. The molecule has 5 heterocycles. The number of benzene rings is 2. The summed E-state index contributed by atoms with van der Waals surface area (Å²) in [5.41, 5.74) is 5.88. The number of carbonyl (C=O) groups excluding carboxylic acids is 4. The summed E-state index contributed by atoms with van der Waals surface area (Å²) in [6.07, 6.45) is 14.2. The van der Waals surface area contributed by atoms with Crippen LogP contribution in [-0.2, 0) is 19.1 Å². The number of allylic oxidation sites excluding steroid dienone is 3. The first-order valence-electron chi connectivity index (χ1n) is 23.7. The Kier molecular flexibility index (Phi) is 14.2. The Morgan fingerprint density at radius 2 is 1.25 bits per heavy atom. The predicted molar refractivity (Wildman–Crippen MR) is 253 cm³/mol. The SMILES string of the molecule is COC(=O)NC(C(=O)N1CCCC1c1ncc(C2=CC(C)C(C3CCC(c4ccc(-c5cnc(C6CCCN6C(=O)C(NC(=O)OC)C(C)C)[nH]5)cc4)N3c3ccc(F)cc3)C=C2)[nH]1)C(C)C. The second kappa shape index (κ2) is 20.2. The Hall–Kier alpha value is -6.45. The van der Waals surface area contributed by atoms with Crippen molar-refractivity contribution in [2.24, 2.45) is 23.7 Å². The molecule has 356 valence electrons. The van der Waals surface area contributed by atoms with Crippen molar-refractivity contribution in [2.45, 2.75) is 109 Å². The van der Waals surface area contributed by atoms with Crippen molar-refractivity contribution >= 4 is 35.3 Å². The second-order valence-corrected chi connectivity index (χ2v) is 19.0. The smallest absolute Gasteiger partial charge is 0.407 e. The van der Waals surface area contributed by atoms with Gasteiger partial charge in [-0.15, -0.1) is 0 Å². The number of aromatic nitrogens is 4. The third-order valence-corrected chi connectivity index (χ3v) is 14.1. The average Bonchev–Trinajstić information content (AvgIpc) is 4.19. The van der Waals surface area contributed by atoms with Crippen molar-refractivity contribution in [1.29, 1.82) is 0 Å². The molecule has 0 spiro atoms. The minimum atomic E-state index is -0.708. The van der Waals surface area contributed by atoms with Crippen LogP contribution in [-0.4, -0.2) is 99.2 Å². The zero-order valence-corrected chi connectivity index (χ0v) is 39.5. The van der Waals surface area contributed by atoms with Gasteiger partial charge in [0.05, 0.1) is 56.1 Å². The van der Waals surface area contributed by atoms with Crippen LogP contribution < -0.4 is 15.5 Å². The molecule has 8 rings (SSSR count). The molecule has 0 saturated carbocycles. The summed E-state index contributed by atoms with van der Waals surface area (Å²) in [6, 6.07) is 13.7. The van der Waals surface area contributed by atoms with Gasteiger partial charge in [0.15, 0.2) is 0 Å². The Balaban J connectivity index is 0.967. The van der Waals surface area contributed by atoms with Crippen LogP contribution in [0.4, 0.5) is 19.7 Å². The van der Waals surface area contributed by atoms with Crippen LogP contribution in [0.2, 0.25) is 0 Å². The van der Waals surface area contributed by atoms with Gasteiger partial charge in [0.2, 0.25) is 11.8 Å². The standard InChI is InChI=1S/C51H64FN9O6/c1-29(2)44(57-50(64)66-6)48(62)59-24-8-10-42(59)46-53-27-38(55-46)32-12-14-33(15-13-32)40-22-23-41(61(40)36-19-17-35(52)18-20-36)37-21-16-34(26-31(37)5)39-28-54-47(56-39)43-11-9-25-60(43)49(63)45(30(3)4)58-51(65)67-7/h12-21,26-31,37,40-45H,8-11,22-25H2,1-7H3,(H,53,55)(H,54,56)(H,57,64)(H,58,65). The minimum absolute atomic E-state index is 0.0590. The molecule has 3 aliphatic heterocycles. The summed E-state index contributed by atoms with van der Waals surface area (Å²) in [4.78, 5) is 74.3. The van der Waals surface area contributed by atoms with E-state index in [4.69, 9.17) is 19.4 Å². The van der Waals surface area contributed by atoms with E-state index in [1.165, 1.54) is 26.4 Å². The topological polar surface area (TPSA) is 178 Å². The predicted octanol–water partition coefficient (Wildman–Crippen LogP) is 8.64. The molecule has 2 aromatic heterocycles. The second-order valence-electron chi connectivity index (χ2n) is 19.0. The number of alkyl carbamates (subject to hydrolysis) is 2. The zero-order chi connectivity index (χ0) is 47.5. The molecule has 67 heavy (non-hydrogen) atoms. The molecule has 16 heteroatoms. The molecule has 8 atom stereocenters. The maximum Gasteiger partial charge on any atom is 0.407 e. The first-order chi connectivity index (χ1) is 32.3. The Bertz CT molecular complexity index is 2460. The number of aromatic amines is 2. The van der Waals surface area contributed by atoms with Crippen LogP contribution in [0, 0.1) is 29.5 Å². The largest absolute Gasteiger partial charge is 0.453 e. The first kappa shape index (κ1) is 47.1. The lowest BCUT2D eigenvalue weighted by Gasteiger charge is -2.39. The highest BCUT2D eigenvalue weighted by Crippen LogP contribution is 2.46. The fourth-order valence-corrected chi connectivity index (χ4v) is 10.6. The van der Waals surface area contributed by atoms with Gasteiger partial charge in [0, 0.05) is 30.7 Å². The van der Waals surface area contributed by atoms with Crippen LogP contribution in [0.3, 0.4) is 0 Å². The summed E-state index contributed by atoms with van der Waals surface area (Å²) in [5, 5.41) is 5.43. The number of ether oxygens (including phenoxy) is 2. The van der Waals surface area contributed by atoms with E-state index >= 15 is 0 Å². The number of hydrogen-bond donors (Lipinski definition) is 4. The lowest BCUT2D eigenvalue weighted by Crippen LogP contribution is -2.51. The van der Waals surface area contributed by atoms with Gasteiger partial charge >= 0.3 is 12.2 Å². The van der Waals surface area contributed by atoms with Crippen molar-refractivity contribution in [1.82, 2.24) is 40.4 Å². The number of anilines is 1. The Morgan fingerprint density at radius 1 is 0.716 bits per heavy atom. The lowest BCUT2D eigenvalue weighted by atomic mass is 9.80. The van der Waals surface area contributed by atoms with Crippen LogP contribution in [0.1, 0.15) is 114 Å². The van der Waals surface area contributed by atoms with Crippen molar-refractivity contribution < 1.29 is 33.0 Å². The maximum absolute atomic E-state index is 14.4. The molecule has 4 N–H and O–H groups in total. The Morgan fingerprint density at radius 3 is 1.78 bits per heavy atom. The molecule has 0 radical (unpaired) electrons. The number of methoxy groups -OCH3 is 2. The van der Waals surface area contributed by atoms with E-state index in [1.54, 1.807) is 0 Å². The van der Waals surface area contributed by atoms with Crippen LogP contribution >= 0.6 is 0 Å². The highest BCUT2D eigenvalue weighted by molar-refractivity contribution is 5.87. The van der Waals surface area contributed by atoms with Gasteiger partial charge in [-0.05, 0) is 97.2 Å². The summed E-state index contributed by atoms with van der Waals surface area (Å²) in [5.74, 6) is 0.968. The quantitative estimate of drug-likeness (QED) is 0.102. The van der Waals surface area contributed by atoms with Crippen LogP contribution in [0.25, 0.3) is 16.8 Å². The molecule has 0 bridgehead atoms. The minimum Gasteiger partial charge on any atom is -0.453 e. The normalized spacial score (nSPS) is 23.7. The summed E-state index contributed by atoms with van der Waals surface area (Å²) in [6.45, 7) is 11.0. The molecule has 15 nitrogen and oxygen atoms in total. The average molecular weight is 918 g/mol. The highest BCUT2D eigenvalue weighted by Gasteiger charge is 2.42. The summed E-state index contributed by atoms with van der Waals surface area (Å²) >= 11 is 0. The number of halogens is 1. The van der Waals surface area contributed by atoms with Crippen LogP contribution in [0.5, 0.6) is 0 Å². The van der Waals surface area contributed by atoms with E-state index in [-0.39, 0.29) is 65.5 Å². The van der Waals surface area contributed by atoms with Crippen molar-refractivity contribution in [3.05, 3.63) is 108 Å². The first-order valence-corrected chi connectivity index (χ1v) is 23.7. The van der Waals surface area contributed by atoms with Crippen molar-refractivity contribution in [2.75, 3.05) is 32.2 Å². The lowest BCUT2D eigenvalue weighted by molar-refractivity contribution is -0.136. The number of H-pyrrole nitrogens is 2. The third kappa shape index (κ3) is 9.84. The fraction of sp³-hybridized carbons (Fsp3) is 0.490. The fourth-order valence-electron chi connectivity index (χ4n) is 10.6. The maximum atomic E-state index is 14.4. The summed E-state index contributed by atoms with van der Waals surface area (Å²) < 4.78 is 24.0. The van der Waals surface area contributed by atoms with Gasteiger partial charge in [-0.3, -0.25) is 9.59 Å². The number of hydrogen-bond acceptors (Lipinski definition) is 9. The highest BCUT2D eigenvalue weighted by atomic mass is 19.1. The van der Waals surface area contributed by atoms with Crippen molar-refractivity contribution in [3.8, 4) is 11.3 Å².